The molecule has 3 aromatic carbocycles. The molecule has 0 aromatic heterocycles. The Labute approximate surface area is 223 Å². The van der Waals surface area contributed by atoms with Gasteiger partial charge in [0.25, 0.3) is 0 Å². The molecule has 1 saturated carbocycles. The van der Waals surface area contributed by atoms with Gasteiger partial charge in [0.2, 0.25) is 0 Å². The smallest absolute Gasteiger partial charge is 0.303 e. The summed E-state index contributed by atoms with van der Waals surface area (Å²) >= 11 is 0. The minimum absolute atomic E-state index is 0.00598. The van der Waals surface area contributed by atoms with Gasteiger partial charge in [0.1, 0.15) is 29.7 Å². The zero-order valence-corrected chi connectivity index (χ0v) is 22.5. The average Bonchev–Trinajstić information content (AvgIpc) is 3.25. The highest BCUT2D eigenvalue weighted by molar-refractivity contribution is 5.71. The Morgan fingerprint density at radius 3 is 2.50 bits per heavy atom. The molecule has 1 fully saturated rings. The number of hydrogen-bond acceptors (Lipinski definition) is 3. The molecule has 3 aromatic rings. The van der Waals surface area contributed by atoms with Crippen LogP contribution >= 0.6 is 0 Å². The predicted octanol–water partition coefficient (Wildman–Crippen LogP) is 8.48. The quantitative estimate of drug-likeness (QED) is 0.290. The van der Waals surface area contributed by atoms with Crippen molar-refractivity contribution in [3.8, 4) is 22.6 Å². The summed E-state index contributed by atoms with van der Waals surface area (Å²) in [6.45, 7) is 6.38. The average molecular weight is 523 g/mol. The molecule has 38 heavy (non-hydrogen) atoms. The van der Waals surface area contributed by atoms with Gasteiger partial charge in [0, 0.05) is 11.1 Å². The van der Waals surface area contributed by atoms with Crippen molar-refractivity contribution in [3.05, 3.63) is 82.9 Å². The maximum atomic E-state index is 15.5. The minimum atomic E-state index is -0.847. The molecule has 0 radical (unpaired) electrons. The van der Waals surface area contributed by atoms with E-state index in [4.69, 9.17) is 9.47 Å². The van der Waals surface area contributed by atoms with Crippen LogP contribution in [0.25, 0.3) is 11.1 Å². The van der Waals surface area contributed by atoms with Gasteiger partial charge in [-0.2, -0.15) is 0 Å². The highest BCUT2D eigenvalue weighted by Crippen LogP contribution is 2.51. The molecule has 1 aliphatic carbocycles. The van der Waals surface area contributed by atoms with Gasteiger partial charge in [0.05, 0.1) is 13.5 Å². The molecule has 4 nitrogen and oxygen atoms in total. The van der Waals surface area contributed by atoms with E-state index in [0.717, 1.165) is 30.4 Å². The number of carboxylic acid groups (broad SMARTS) is 1. The van der Waals surface area contributed by atoms with Gasteiger partial charge in [-0.05, 0) is 95.7 Å². The van der Waals surface area contributed by atoms with Crippen LogP contribution in [0.3, 0.4) is 0 Å². The lowest BCUT2D eigenvalue weighted by Gasteiger charge is -2.30. The number of aliphatic carboxylic acids is 1. The first-order valence-corrected chi connectivity index (χ1v) is 13.2. The molecular weight excluding hydrogens is 486 g/mol. The van der Waals surface area contributed by atoms with Crippen molar-refractivity contribution in [2.75, 3.05) is 7.11 Å². The van der Waals surface area contributed by atoms with Crippen LogP contribution in [-0.4, -0.2) is 18.2 Å². The summed E-state index contributed by atoms with van der Waals surface area (Å²) in [7, 11) is 1.53. The lowest BCUT2D eigenvalue weighted by molar-refractivity contribution is -0.137. The molecule has 0 unspecified atom stereocenters. The van der Waals surface area contributed by atoms with Gasteiger partial charge in [-0.25, -0.2) is 8.78 Å². The summed E-state index contributed by atoms with van der Waals surface area (Å²) in [5.74, 6) is -0.645. The number of carboxylic acids is 1. The Morgan fingerprint density at radius 1 is 1.05 bits per heavy atom. The van der Waals surface area contributed by atoms with Crippen LogP contribution in [0, 0.1) is 17.0 Å². The van der Waals surface area contributed by atoms with Gasteiger partial charge in [0.15, 0.2) is 0 Å². The van der Waals surface area contributed by atoms with Crippen molar-refractivity contribution in [3.63, 3.8) is 0 Å². The second-order valence-corrected chi connectivity index (χ2v) is 10.9. The van der Waals surface area contributed by atoms with Crippen LogP contribution in [-0.2, 0) is 11.4 Å². The maximum absolute atomic E-state index is 15.5. The first kappa shape index (κ1) is 27.6. The molecule has 0 aliphatic heterocycles. The summed E-state index contributed by atoms with van der Waals surface area (Å²) in [5, 5.41) is 9.23. The molecule has 1 N–H and O–H groups in total. The Bertz CT molecular complexity index is 1300. The van der Waals surface area contributed by atoms with Crippen molar-refractivity contribution in [2.24, 2.45) is 5.41 Å². The van der Waals surface area contributed by atoms with E-state index < -0.39 is 17.6 Å². The van der Waals surface area contributed by atoms with Crippen molar-refractivity contribution in [1.29, 1.82) is 0 Å². The normalized spacial score (nSPS) is 17.3. The Hall–Kier alpha value is -3.41. The third kappa shape index (κ3) is 6.01. The highest BCUT2D eigenvalue weighted by atomic mass is 19.1. The summed E-state index contributed by atoms with van der Waals surface area (Å²) in [5.41, 5.74) is 3.06. The summed E-state index contributed by atoms with van der Waals surface area (Å²) in [4.78, 5) is 11.2. The topological polar surface area (TPSA) is 55.8 Å². The van der Waals surface area contributed by atoms with Gasteiger partial charge in [-0.15, -0.1) is 0 Å². The zero-order valence-electron chi connectivity index (χ0n) is 22.5. The standard InChI is InChI=1S/C32H36F2O4/c1-5-20(16-31(35)36)21-8-6-9-24(14-21)38-19-22-15-26(28-10-7-13-32(28,2)3)25(18-30(22)34)27-17-23(37-4)11-12-29(27)33/h6,8-9,11-12,14-15,17-18,20,28H,5,7,10,13,16,19H2,1-4H3,(H,35,36)/t20-,28+/m1/s1. The highest BCUT2D eigenvalue weighted by Gasteiger charge is 2.37. The first-order chi connectivity index (χ1) is 18.1. The lowest BCUT2D eigenvalue weighted by atomic mass is 9.75. The molecule has 2 atom stereocenters. The molecule has 0 heterocycles. The fourth-order valence-corrected chi connectivity index (χ4v) is 5.74. The fourth-order valence-electron chi connectivity index (χ4n) is 5.74. The van der Waals surface area contributed by atoms with Crippen LogP contribution in [0.15, 0.2) is 54.6 Å². The monoisotopic (exact) mass is 522 g/mol. The molecule has 0 spiro atoms. The molecule has 6 heteroatoms. The molecule has 1 aliphatic rings. The molecule has 0 bridgehead atoms. The van der Waals surface area contributed by atoms with Crippen LogP contribution in [0.5, 0.6) is 11.5 Å². The minimum Gasteiger partial charge on any atom is -0.497 e. The zero-order chi connectivity index (χ0) is 27.4. The predicted molar refractivity (Wildman–Crippen MR) is 145 cm³/mol. The van der Waals surface area contributed by atoms with Crippen LogP contribution < -0.4 is 9.47 Å². The number of methoxy groups -OCH3 is 1. The fraction of sp³-hybridized carbons (Fsp3) is 0.406. The lowest BCUT2D eigenvalue weighted by Crippen LogP contribution is -2.17. The third-order valence-corrected chi connectivity index (χ3v) is 7.95. The van der Waals surface area contributed by atoms with Gasteiger partial charge in [-0.1, -0.05) is 39.3 Å². The van der Waals surface area contributed by atoms with E-state index >= 15 is 8.78 Å². The van der Waals surface area contributed by atoms with E-state index in [0.29, 0.717) is 34.6 Å². The van der Waals surface area contributed by atoms with Crippen molar-refractivity contribution in [2.45, 2.75) is 71.3 Å². The van der Waals surface area contributed by atoms with Gasteiger partial charge < -0.3 is 14.6 Å². The second-order valence-electron chi connectivity index (χ2n) is 10.9. The van der Waals surface area contributed by atoms with E-state index in [1.54, 1.807) is 18.2 Å². The molecule has 202 valence electrons. The molecule has 0 saturated heterocycles. The van der Waals surface area contributed by atoms with E-state index in [1.807, 2.05) is 31.2 Å². The van der Waals surface area contributed by atoms with Gasteiger partial charge >= 0.3 is 5.97 Å². The van der Waals surface area contributed by atoms with E-state index in [-0.39, 0.29) is 30.3 Å². The van der Waals surface area contributed by atoms with Crippen LogP contribution in [0.1, 0.15) is 81.4 Å². The maximum Gasteiger partial charge on any atom is 0.303 e. The Morgan fingerprint density at radius 2 is 1.84 bits per heavy atom. The van der Waals surface area contributed by atoms with Crippen LogP contribution in [0.2, 0.25) is 0 Å². The number of hydrogen-bond donors (Lipinski definition) is 1. The van der Waals surface area contributed by atoms with Crippen molar-refractivity contribution in [1.82, 2.24) is 0 Å². The van der Waals surface area contributed by atoms with Crippen molar-refractivity contribution >= 4 is 5.97 Å². The Balaban J connectivity index is 1.69. The first-order valence-electron chi connectivity index (χ1n) is 13.2. The molecule has 0 amide bonds. The summed E-state index contributed by atoms with van der Waals surface area (Å²) < 4.78 is 41.9. The number of benzene rings is 3. The number of rotatable bonds is 10. The second kappa shape index (κ2) is 11.5. The van der Waals surface area contributed by atoms with Crippen LogP contribution in [0.4, 0.5) is 8.78 Å². The SMILES string of the molecule is CC[C@H](CC(=O)O)c1cccc(OCc2cc([C@@H]3CCCC3(C)C)c(-c3cc(OC)ccc3F)cc2F)c1. The molecular formula is C32H36F2O4. The largest absolute Gasteiger partial charge is 0.497 e. The summed E-state index contributed by atoms with van der Waals surface area (Å²) in [6, 6.07) is 15.1. The van der Waals surface area contributed by atoms with Gasteiger partial charge in [-0.3, -0.25) is 4.79 Å². The van der Waals surface area contributed by atoms with E-state index in [1.165, 1.54) is 19.2 Å². The van der Waals surface area contributed by atoms with E-state index in [2.05, 4.69) is 13.8 Å². The number of carbonyl (C=O) groups is 1. The summed E-state index contributed by atoms with van der Waals surface area (Å²) in [6.07, 6.45) is 3.78. The Kier molecular flexibility index (Phi) is 8.39. The van der Waals surface area contributed by atoms with Crippen molar-refractivity contribution < 1.29 is 28.2 Å². The molecule has 4 rings (SSSR count). The third-order valence-electron chi connectivity index (χ3n) is 7.95. The van der Waals surface area contributed by atoms with E-state index in [9.17, 15) is 9.90 Å². The number of ether oxygens (including phenoxy) is 2. The number of halogens is 2.